The zero-order chi connectivity index (χ0) is 24.7. The fraction of sp³-hybridized carbons (Fsp3) is 0.593. The third-order valence-electron chi connectivity index (χ3n) is 8.06. The molecule has 5 rings (SSSR count). The highest BCUT2D eigenvalue weighted by atomic mass is 35.5. The molecule has 1 amide bonds. The van der Waals surface area contributed by atoms with Gasteiger partial charge in [-0.1, -0.05) is 30.7 Å². The second-order valence-electron chi connectivity index (χ2n) is 10.5. The van der Waals surface area contributed by atoms with Crippen molar-refractivity contribution in [1.82, 2.24) is 19.8 Å². The number of aliphatic hydroxyl groups is 1. The quantitative estimate of drug-likeness (QED) is 0.556. The molecule has 1 aromatic heterocycles. The summed E-state index contributed by atoms with van der Waals surface area (Å²) in [7, 11) is 0. The molecule has 1 aromatic carbocycles. The average molecular weight is 571 g/mol. The van der Waals surface area contributed by atoms with Crippen LogP contribution >= 0.6 is 36.4 Å². The van der Waals surface area contributed by atoms with E-state index in [4.69, 9.17) is 11.6 Å². The van der Waals surface area contributed by atoms with Gasteiger partial charge < -0.3 is 14.9 Å². The minimum atomic E-state index is -0.514. The summed E-state index contributed by atoms with van der Waals surface area (Å²) in [4.78, 5) is 29.8. The molecule has 2 saturated heterocycles. The Morgan fingerprint density at radius 3 is 2.38 bits per heavy atom. The number of carbonyl (C=O) groups is 1. The van der Waals surface area contributed by atoms with E-state index in [1.807, 2.05) is 29.2 Å². The Labute approximate surface area is 237 Å². The minimum absolute atomic E-state index is 0. The van der Waals surface area contributed by atoms with Crippen LogP contribution in [0, 0.1) is 0 Å². The summed E-state index contributed by atoms with van der Waals surface area (Å²) in [6, 6.07) is 8.45. The third kappa shape index (κ3) is 5.86. The van der Waals surface area contributed by atoms with E-state index in [9.17, 15) is 9.90 Å². The van der Waals surface area contributed by atoms with E-state index in [1.165, 1.54) is 0 Å². The van der Waals surface area contributed by atoms with Crippen LogP contribution < -0.4 is 4.90 Å². The summed E-state index contributed by atoms with van der Waals surface area (Å²) in [5, 5.41) is 11.1. The van der Waals surface area contributed by atoms with Gasteiger partial charge in [0.1, 0.15) is 12.1 Å². The third-order valence-corrected chi connectivity index (χ3v) is 8.31. The lowest BCUT2D eigenvalue weighted by Crippen LogP contribution is -2.53. The van der Waals surface area contributed by atoms with E-state index < -0.39 is 6.10 Å². The summed E-state index contributed by atoms with van der Waals surface area (Å²) in [5.74, 6) is 1.17. The Morgan fingerprint density at radius 1 is 1.05 bits per heavy atom. The van der Waals surface area contributed by atoms with Gasteiger partial charge in [-0.25, -0.2) is 9.97 Å². The van der Waals surface area contributed by atoms with Gasteiger partial charge in [-0.3, -0.25) is 9.69 Å². The molecule has 10 heteroatoms. The Bertz CT molecular complexity index is 1060. The fourth-order valence-electron chi connectivity index (χ4n) is 6.30. The molecule has 2 aliphatic heterocycles. The van der Waals surface area contributed by atoms with Gasteiger partial charge in [0.15, 0.2) is 0 Å². The Balaban J connectivity index is 0.00000190. The van der Waals surface area contributed by atoms with E-state index in [2.05, 4.69) is 40.5 Å². The molecular weight excluding hydrogens is 533 g/mol. The van der Waals surface area contributed by atoms with Crippen molar-refractivity contribution in [2.24, 2.45) is 0 Å². The summed E-state index contributed by atoms with van der Waals surface area (Å²) in [6.45, 7) is 10.4. The highest BCUT2D eigenvalue weighted by Crippen LogP contribution is 2.43. The van der Waals surface area contributed by atoms with Gasteiger partial charge in [0.2, 0.25) is 5.91 Å². The van der Waals surface area contributed by atoms with Gasteiger partial charge >= 0.3 is 0 Å². The van der Waals surface area contributed by atoms with E-state index >= 15 is 0 Å². The number of piperazine rings is 1. The minimum Gasteiger partial charge on any atom is -0.387 e. The topological polar surface area (TPSA) is 72.8 Å². The lowest BCUT2D eigenvalue weighted by atomic mass is 9.87. The molecule has 0 radical (unpaired) electrons. The van der Waals surface area contributed by atoms with E-state index in [0.717, 1.165) is 55.1 Å². The van der Waals surface area contributed by atoms with Crippen LogP contribution in [-0.2, 0) is 4.79 Å². The second-order valence-corrected chi connectivity index (χ2v) is 11.0. The first-order valence-electron chi connectivity index (χ1n) is 12.9. The molecule has 1 unspecified atom stereocenters. The fourth-order valence-corrected chi connectivity index (χ4v) is 6.43. The number of nitrogens with zero attached hydrogens (tertiary/aromatic N) is 5. The molecule has 0 saturated carbocycles. The van der Waals surface area contributed by atoms with Gasteiger partial charge in [0.25, 0.3) is 0 Å². The molecule has 7 nitrogen and oxygen atoms in total. The van der Waals surface area contributed by atoms with Crippen LogP contribution in [0.3, 0.4) is 0 Å². The molecule has 4 atom stereocenters. The van der Waals surface area contributed by atoms with Crippen LogP contribution in [0.1, 0.15) is 74.8 Å². The Hall–Kier alpha value is -1.64. The second kappa shape index (κ2) is 12.5. The van der Waals surface area contributed by atoms with Crippen LogP contribution in [0.15, 0.2) is 30.6 Å². The number of aliphatic hydroxyl groups excluding tert-OH is 1. The lowest BCUT2D eigenvalue weighted by Gasteiger charge is -2.40. The van der Waals surface area contributed by atoms with Crippen LogP contribution in [0.4, 0.5) is 5.82 Å². The molecule has 2 fully saturated rings. The van der Waals surface area contributed by atoms with Crippen molar-refractivity contribution in [3.8, 4) is 0 Å². The normalized spacial score (nSPS) is 24.4. The number of anilines is 1. The SMILES string of the molecule is CC1C[C@@H](O)c2ncnc(N3CCN(C(=O)[C@@H](c4ccc(Cl)cc4)[C@@H]4CCCN4C(C)C)CC3)c21.Cl.Cl. The lowest BCUT2D eigenvalue weighted by molar-refractivity contribution is -0.134. The highest BCUT2D eigenvalue weighted by Gasteiger charge is 2.41. The van der Waals surface area contributed by atoms with Crippen molar-refractivity contribution in [2.45, 2.75) is 70.1 Å². The largest absolute Gasteiger partial charge is 0.387 e. The van der Waals surface area contributed by atoms with Gasteiger partial charge in [-0.05, 0) is 63.3 Å². The summed E-state index contributed by atoms with van der Waals surface area (Å²) < 4.78 is 0. The number of rotatable bonds is 5. The first-order chi connectivity index (χ1) is 16.8. The molecule has 37 heavy (non-hydrogen) atoms. The van der Waals surface area contributed by atoms with Crippen LogP contribution in [-0.4, -0.2) is 75.6 Å². The maximum Gasteiger partial charge on any atom is 0.231 e. The Morgan fingerprint density at radius 2 is 1.73 bits per heavy atom. The maximum absolute atomic E-state index is 14.1. The number of fused-ring (bicyclic) bond motifs is 1. The van der Waals surface area contributed by atoms with Gasteiger partial charge in [-0.15, -0.1) is 24.8 Å². The number of amides is 1. The van der Waals surface area contributed by atoms with Gasteiger partial charge in [-0.2, -0.15) is 0 Å². The molecule has 0 spiro atoms. The zero-order valence-corrected chi connectivity index (χ0v) is 24.1. The molecule has 2 aromatic rings. The molecule has 1 N–H and O–H groups in total. The predicted molar refractivity (Wildman–Crippen MR) is 152 cm³/mol. The van der Waals surface area contributed by atoms with Crippen LogP contribution in [0.2, 0.25) is 5.02 Å². The van der Waals surface area contributed by atoms with Crippen molar-refractivity contribution in [3.05, 3.63) is 52.4 Å². The summed E-state index contributed by atoms with van der Waals surface area (Å²) in [6.07, 6.45) is 3.89. The predicted octanol–water partition coefficient (Wildman–Crippen LogP) is 4.82. The van der Waals surface area contributed by atoms with Crippen molar-refractivity contribution in [2.75, 3.05) is 37.6 Å². The molecule has 204 valence electrons. The van der Waals surface area contributed by atoms with Crippen molar-refractivity contribution >= 4 is 48.1 Å². The number of hydrogen-bond acceptors (Lipinski definition) is 6. The number of aromatic nitrogens is 2. The Kier molecular flexibility index (Phi) is 10.1. The van der Waals surface area contributed by atoms with Crippen molar-refractivity contribution in [1.29, 1.82) is 0 Å². The molecule has 0 bridgehead atoms. The molecule has 3 heterocycles. The number of likely N-dealkylation sites (tertiary alicyclic amines) is 1. The number of hydrogen-bond donors (Lipinski definition) is 1. The van der Waals surface area contributed by atoms with Gasteiger partial charge in [0.05, 0.1) is 17.7 Å². The smallest absolute Gasteiger partial charge is 0.231 e. The standard InChI is InChI=1S/C27H36ClN5O2.2ClH/c1-17(2)33-10-4-5-21(33)24(19-6-8-20(28)9-7-19)27(35)32-13-11-31(12-14-32)26-23-18(3)15-22(34)25(23)29-16-30-26;;/h6-9,16-18,21-22,24,34H,4-5,10-15H2,1-3H3;2*1H/t18?,21-,22+,24-;;/m0../s1. The first-order valence-corrected chi connectivity index (χ1v) is 13.3. The zero-order valence-electron chi connectivity index (χ0n) is 21.7. The summed E-state index contributed by atoms with van der Waals surface area (Å²) >= 11 is 6.18. The number of halogens is 3. The molecule has 1 aliphatic carbocycles. The van der Waals surface area contributed by atoms with E-state index in [1.54, 1.807) is 6.33 Å². The average Bonchev–Trinajstić information content (AvgIpc) is 3.45. The molecular formula is C27H38Cl3N5O2. The summed E-state index contributed by atoms with van der Waals surface area (Å²) in [5.41, 5.74) is 2.88. The van der Waals surface area contributed by atoms with Crippen LogP contribution in [0.5, 0.6) is 0 Å². The molecule has 3 aliphatic rings. The van der Waals surface area contributed by atoms with Crippen LogP contribution in [0.25, 0.3) is 0 Å². The van der Waals surface area contributed by atoms with Crippen molar-refractivity contribution < 1.29 is 9.90 Å². The van der Waals surface area contributed by atoms with Gasteiger partial charge in [0, 0.05) is 48.8 Å². The van der Waals surface area contributed by atoms with Crippen molar-refractivity contribution in [3.63, 3.8) is 0 Å². The first kappa shape index (κ1) is 29.9. The number of carbonyl (C=O) groups excluding carboxylic acids is 1. The highest BCUT2D eigenvalue weighted by molar-refractivity contribution is 6.30. The number of benzene rings is 1. The van der Waals surface area contributed by atoms with E-state index in [0.29, 0.717) is 30.6 Å². The van der Waals surface area contributed by atoms with E-state index in [-0.39, 0.29) is 48.6 Å². The monoisotopic (exact) mass is 569 g/mol. The maximum atomic E-state index is 14.1.